The van der Waals surface area contributed by atoms with Gasteiger partial charge in [-0.2, -0.15) is 0 Å². The first-order valence-corrected chi connectivity index (χ1v) is 4.25. The normalized spacial score (nSPS) is 10.6. The topological polar surface area (TPSA) is 59.3 Å². The fourth-order valence-corrected chi connectivity index (χ4v) is 1.10. The van der Waals surface area contributed by atoms with Crippen molar-refractivity contribution < 1.29 is 14.7 Å². The van der Waals surface area contributed by atoms with E-state index in [2.05, 4.69) is 0 Å². The molecule has 74 valence electrons. The second-order valence-electron chi connectivity index (χ2n) is 2.72. The second-order valence-corrected chi connectivity index (χ2v) is 2.72. The lowest BCUT2D eigenvalue weighted by Crippen LogP contribution is -2.08. The average Bonchev–Trinajstić information content (AvgIpc) is 2.60. The smallest absolute Gasteiger partial charge is 0.376 e. The standard InChI is InChI=1S/C10H11NO3/c1-2-11-7-3-4-8(11)5-6-9(12)10(13)14/h3-7H,2H2,1H3,(H,13,14)/b6-5+. The largest absolute Gasteiger partial charge is 0.475 e. The minimum Gasteiger partial charge on any atom is -0.475 e. The van der Waals surface area contributed by atoms with Crippen molar-refractivity contribution in [2.24, 2.45) is 0 Å². The molecule has 0 aromatic carbocycles. The summed E-state index contributed by atoms with van der Waals surface area (Å²) in [4.78, 5) is 20.9. The number of carboxylic acids is 1. The van der Waals surface area contributed by atoms with Crippen molar-refractivity contribution in [2.75, 3.05) is 0 Å². The van der Waals surface area contributed by atoms with Crippen LogP contribution in [0.3, 0.4) is 0 Å². The number of aryl methyl sites for hydroxylation is 1. The van der Waals surface area contributed by atoms with Gasteiger partial charge >= 0.3 is 5.97 Å². The molecule has 1 rings (SSSR count). The summed E-state index contributed by atoms with van der Waals surface area (Å²) in [6.45, 7) is 2.75. The number of carboxylic acid groups (broad SMARTS) is 1. The molecule has 0 unspecified atom stereocenters. The predicted octanol–water partition coefficient (Wildman–Crippen LogP) is 1.17. The maximum absolute atomic E-state index is 10.7. The summed E-state index contributed by atoms with van der Waals surface area (Å²) in [6.07, 6.45) is 4.43. The Morgan fingerprint density at radius 3 is 2.86 bits per heavy atom. The van der Waals surface area contributed by atoms with Gasteiger partial charge in [0.25, 0.3) is 5.78 Å². The highest BCUT2D eigenvalue weighted by molar-refractivity contribution is 6.38. The second kappa shape index (κ2) is 4.41. The molecule has 0 aliphatic rings. The zero-order valence-corrected chi connectivity index (χ0v) is 7.80. The summed E-state index contributed by atoms with van der Waals surface area (Å²) in [5.41, 5.74) is 0.821. The van der Waals surface area contributed by atoms with Crippen molar-refractivity contribution >= 4 is 17.8 Å². The number of hydrogen-bond donors (Lipinski definition) is 1. The minimum absolute atomic E-state index is 0.786. The molecule has 0 amide bonds. The van der Waals surface area contributed by atoms with E-state index in [9.17, 15) is 9.59 Å². The molecular formula is C10H11NO3. The summed E-state index contributed by atoms with van der Waals surface area (Å²) in [7, 11) is 0. The third-order valence-electron chi connectivity index (χ3n) is 1.82. The first kappa shape index (κ1) is 10.2. The minimum atomic E-state index is -1.43. The Morgan fingerprint density at radius 2 is 2.29 bits per heavy atom. The van der Waals surface area contributed by atoms with Crippen molar-refractivity contribution in [3.05, 3.63) is 30.1 Å². The Bertz CT molecular complexity index is 376. The Morgan fingerprint density at radius 1 is 1.57 bits per heavy atom. The molecule has 0 aliphatic carbocycles. The van der Waals surface area contributed by atoms with E-state index in [0.29, 0.717) is 0 Å². The van der Waals surface area contributed by atoms with E-state index >= 15 is 0 Å². The Hall–Kier alpha value is -1.84. The molecule has 4 nitrogen and oxygen atoms in total. The molecule has 0 bridgehead atoms. The average molecular weight is 193 g/mol. The molecule has 0 radical (unpaired) electrons. The lowest BCUT2D eigenvalue weighted by atomic mass is 10.3. The van der Waals surface area contributed by atoms with Gasteiger partial charge in [0.15, 0.2) is 0 Å². The molecule has 1 aromatic rings. The van der Waals surface area contributed by atoms with Gasteiger partial charge in [0.05, 0.1) is 0 Å². The molecule has 0 atom stereocenters. The van der Waals surface area contributed by atoms with Crippen LogP contribution in [0.4, 0.5) is 0 Å². The zero-order chi connectivity index (χ0) is 10.6. The van der Waals surface area contributed by atoms with Crippen molar-refractivity contribution in [1.82, 2.24) is 4.57 Å². The Labute approximate surface area is 81.5 Å². The van der Waals surface area contributed by atoms with Crippen LogP contribution in [0.2, 0.25) is 0 Å². The lowest BCUT2D eigenvalue weighted by molar-refractivity contribution is -0.146. The fourth-order valence-electron chi connectivity index (χ4n) is 1.10. The van der Waals surface area contributed by atoms with Crippen LogP contribution < -0.4 is 0 Å². The Kier molecular flexibility index (Phi) is 3.23. The quantitative estimate of drug-likeness (QED) is 0.577. The van der Waals surface area contributed by atoms with E-state index in [1.54, 1.807) is 0 Å². The van der Waals surface area contributed by atoms with Crippen molar-refractivity contribution in [3.63, 3.8) is 0 Å². The molecule has 1 N–H and O–H groups in total. The van der Waals surface area contributed by atoms with Crippen LogP contribution in [-0.2, 0) is 16.1 Å². The number of aliphatic carboxylic acids is 1. The first-order valence-electron chi connectivity index (χ1n) is 4.25. The lowest BCUT2D eigenvalue weighted by Gasteiger charge is -1.99. The van der Waals surface area contributed by atoms with Gasteiger partial charge in [-0.05, 0) is 31.2 Å². The number of rotatable bonds is 4. The number of hydrogen-bond acceptors (Lipinski definition) is 2. The molecule has 0 fully saturated rings. The molecule has 14 heavy (non-hydrogen) atoms. The van der Waals surface area contributed by atoms with Gasteiger partial charge in [-0.1, -0.05) is 0 Å². The van der Waals surface area contributed by atoms with Crippen molar-refractivity contribution in [3.8, 4) is 0 Å². The molecular weight excluding hydrogens is 182 g/mol. The van der Waals surface area contributed by atoms with Gasteiger partial charge in [-0.15, -0.1) is 0 Å². The van der Waals surface area contributed by atoms with Gasteiger partial charge in [0.1, 0.15) is 0 Å². The number of carbonyl (C=O) groups is 2. The monoisotopic (exact) mass is 193 g/mol. The van der Waals surface area contributed by atoms with E-state index in [-0.39, 0.29) is 0 Å². The third-order valence-corrected chi connectivity index (χ3v) is 1.82. The molecule has 0 spiro atoms. The van der Waals surface area contributed by atoms with Gasteiger partial charge in [-0.3, -0.25) is 4.79 Å². The number of aromatic nitrogens is 1. The summed E-state index contributed by atoms with van der Waals surface area (Å²) in [6, 6.07) is 3.66. The predicted molar refractivity (Wildman–Crippen MR) is 51.8 cm³/mol. The highest BCUT2D eigenvalue weighted by Gasteiger charge is 2.05. The summed E-state index contributed by atoms with van der Waals surface area (Å²) in [5.74, 6) is -2.34. The van der Waals surface area contributed by atoms with Gasteiger partial charge < -0.3 is 9.67 Å². The first-order chi connectivity index (χ1) is 6.65. The third kappa shape index (κ3) is 2.32. The summed E-state index contributed by atoms with van der Waals surface area (Å²) < 4.78 is 1.91. The molecule has 0 saturated heterocycles. The molecule has 4 heteroatoms. The van der Waals surface area contributed by atoms with Crippen LogP contribution in [-0.4, -0.2) is 21.4 Å². The van der Waals surface area contributed by atoms with Gasteiger partial charge in [-0.25, -0.2) is 4.79 Å². The SMILES string of the molecule is CCn1cccc1/C=C/C(=O)C(=O)O. The maximum atomic E-state index is 10.7. The van der Waals surface area contributed by atoms with Gasteiger partial charge in [0, 0.05) is 18.4 Å². The van der Waals surface area contributed by atoms with Crippen LogP contribution in [0.15, 0.2) is 24.4 Å². The molecule has 0 saturated carbocycles. The van der Waals surface area contributed by atoms with E-state index in [1.807, 2.05) is 29.8 Å². The number of ketones is 1. The van der Waals surface area contributed by atoms with Crippen LogP contribution in [0, 0.1) is 0 Å². The van der Waals surface area contributed by atoms with E-state index in [1.165, 1.54) is 6.08 Å². The van der Waals surface area contributed by atoms with Crippen molar-refractivity contribution in [1.29, 1.82) is 0 Å². The van der Waals surface area contributed by atoms with Crippen LogP contribution in [0.25, 0.3) is 6.08 Å². The van der Waals surface area contributed by atoms with E-state index in [0.717, 1.165) is 18.3 Å². The Balaban J connectivity index is 2.78. The summed E-state index contributed by atoms with van der Waals surface area (Å²) >= 11 is 0. The highest BCUT2D eigenvalue weighted by atomic mass is 16.4. The van der Waals surface area contributed by atoms with E-state index in [4.69, 9.17) is 5.11 Å². The van der Waals surface area contributed by atoms with Crippen LogP contribution >= 0.6 is 0 Å². The van der Waals surface area contributed by atoms with Crippen LogP contribution in [0.5, 0.6) is 0 Å². The molecule has 0 aliphatic heterocycles. The molecule has 1 aromatic heterocycles. The summed E-state index contributed by atoms with van der Waals surface area (Å²) in [5, 5.41) is 8.33. The zero-order valence-electron chi connectivity index (χ0n) is 7.80. The highest BCUT2D eigenvalue weighted by Crippen LogP contribution is 2.04. The van der Waals surface area contributed by atoms with Crippen molar-refractivity contribution in [2.45, 2.75) is 13.5 Å². The number of carbonyl (C=O) groups excluding carboxylic acids is 1. The molecule has 1 heterocycles. The number of nitrogens with zero attached hydrogens (tertiary/aromatic N) is 1. The van der Waals surface area contributed by atoms with E-state index < -0.39 is 11.8 Å². The maximum Gasteiger partial charge on any atom is 0.376 e. The van der Waals surface area contributed by atoms with Gasteiger partial charge in [0.2, 0.25) is 0 Å². The fraction of sp³-hybridized carbons (Fsp3) is 0.200. The van der Waals surface area contributed by atoms with Crippen LogP contribution in [0.1, 0.15) is 12.6 Å².